The Labute approximate surface area is 133 Å². The molecule has 0 radical (unpaired) electrons. The van der Waals surface area contributed by atoms with E-state index >= 15 is 0 Å². The maximum absolute atomic E-state index is 13.0. The molecule has 0 fully saturated rings. The molecule has 0 aliphatic rings. The van der Waals surface area contributed by atoms with Crippen LogP contribution in [-0.2, 0) is 6.54 Å². The summed E-state index contributed by atoms with van der Waals surface area (Å²) in [4.78, 5) is 14.6. The lowest BCUT2D eigenvalue weighted by atomic mass is 10.2. The molecule has 0 saturated carbocycles. The van der Waals surface area contributed by atoms with E-state index in [0.717, 1.165) is 15.4 Å². The summed E-state index contributed by atoms with van der Waals surface area (Å²) in [7, 11) is 1.65. The summed E-state index contributed by atoms with van der Waals surface area (Å²) in [5.41, 5.74) is 0.388. The molecular formula is C14H11BrFN3OS. The summed E-state index contributed by atoms with van der Waals surface area (Å²) in [6.45, 7) is 0.450. The molecule has 1 aromatic heterocycles. The first-order valence-electron chi connectivity index (χ1n) is 5.94. The van der Waals surface area contributed by atoms with Crippen molar-refractivity contribution in [2.45, 2.75) is 6.54 Å². The van der Waals surface area contributed by atoms with Crippen LogP contribution < -0.4 is 5.32 Å². The van der Waals surface area contributed by atoms with Crippen molar-refractivity contribution in [1.29, 1.82) is 5.26 Å². The minimum atomic E-state index is -0.513. The maximum Gasteiger partial charge on any atom is 0.321 e. The lowest BCUT2D eigenvalue weighted by molar-refractivity contribution is 0.221. The molecule has 1 heterocycles. The molecule has 0 bridgehead atoms. The van der Waals surface area contributed by atoms with Crippen LogP contribution in [-0.4, -0.2) is 18.0 Å². The number of hydrogen-bond donors (Lipinski definition) is 1. The van der Waals surface area contributed by atoms with Gasteiger partial charge in [-0.3, -0.25) is 0 Å². The maximum atomic E-state index is 13.0. The number of carbonyl (C=O) groups is 1. The summed E-state index contributed by atoms with van der Waals surface area (Å²) in [6.07, 6.45) is 0. The molecule has 2 amide bonds. The summed E-state index contributed by atoms with van der Waals surface area (Å²) in [5, 5.41) is 13.5. The molecule has 0 aliphatic heterocycles. The SMILES string of the molecule is CN(Cc1cc(Br)cs1)C(=O)Nc1ccc(F)cc1C#N. The molecule has 21 heavy (non-hydrogen) atoms. The van der Waals surface area contributed by atoms with Crippen LogP contribution >= 0.6 is 27.3 Å². The van der Waals surface area contributed by atoms with E-state index in [-0.39, 0.29) is 11.6 Å². The summed E-state index contributed by atoms with van der Waals surface area (Å²) < 4.78 is 14.0. The van der Waals surface area contributed by atoms with Gasteiger partial charge < -0.3 is 10.2 Å². The van der Waals surface area contributed by atoms with Crippen LogP contribution in [0.25, 0.3) is 0 Å². The van der Waals surface area contributed by atoms with E-state index in [4.69, 9.17) is 5.26 Å². The van der Waals surface area contributed by atoms with E-state index in [2.05, 4.69) is 21.2 Å². The van der Waals surface area contributed by atoms with Crippen LogP contribution in [0.1, 0.15) is 10.4 Å². The molecular weight excluding hydrogens is 357 g/mol. The molecule has 0 saturated heterocycles. The third-order valence-corrected chi connectivity index (χ3v) is 4.39. The minimum Gasteiger partial charge on any atom is -0.322 e. The molecule has 7 heteroatoms. The fourth-order valence-corrected chi connectivity index (χ4v) is 3.17. The average molecular weight is 368 g/mol. The largest absolute Gasteiger partial charge is 0.322 e. The van der Waals surface area contributed by atoms with Gasteiger partial charge in [0.25, 0.3) is 0 Å². The second-order valence-electron chi connectivity index (χ2n) is 4.32. The minimum absolute atomic E-state index is 0.0932. The third kappa shape index (κ3) is 4.03. The third-order valence-electron chi connectivity index (χ3n) is 2.71. The lowest BCUT2D eigenvalue weighted by Crippen LogP contribution is -2.30. The first-order valence-corrected chi connectivity index (χ1v) is 7.61. The Morgan fingerprint density at radius 3 is 2.90 bits per heavy atom. The highest BCUT2D eigenvalue weighted by atomic mass is 79.9. The van der Waals surface area contributed by atoms with Crippen LogP contribution in [0.15, 0.2) is 34.1 Å². The smallest absolute Gasteiger partial charge is 0.321 e. The van der Waals surface area contributed by atoms with Crippen molar-refractivity contribution in [3.63, 3.8) is 0 Å². The molecule has 108 valence electrons. The zero-order valence-corrected chi connectivity index (χ0v) is 13.5. The molecule has 0 aliphatic carbocycles. The predicted molar refractivity (Wildman–Crippen MR) is 83.6 cm³/mol. The van der Waals surface area contributed by atoms with Crippen LogP contribution in [0, 0.1) is 17.1 Å². The fraction of sp³-hybridized carbons (Fsp3) is 0.143. The number of amides is 2. The van der Waals surface area contributed by atoms with Crippen LogP contribution in [0.5, 0.6) is 0 Å². The normalized spacial score (nSPS) is 10.0. The van der Waals surface area contributed by atoms with E-state index in [0.29, 0.717) is 12.2 Å². The van der Waals surface area contributed by atoms with Gasteiger partial charge >= 0.3 is 6.03 Å². The zero-order chi connectivity index (χ0) is 15.4. The molecule has 2 aromatic rings. The number of thiophene rings is 1. The Morgan fingerprint density at radius 2 is 2.29 bits per heavy atom. The van der Waals surface area contributed by atoms with Crippen LogP contribution in [0.4, 0.5) is 14.9 Å². The highest BCUT2D eigenvalue weighted by Crippen LogP contribution is 2.21. The average Bonchev–Trinajstić information content (AvgIpc) is 2.85. The van der Waals surface area contributed by atoms with E-state index < -0.39 is 5.82 Å². The number of hydrogen-bond acceptors (Lipinski definition) is 3. The summed E-state index contributed by atoms with van der Waals surface area (Å²) in [6, 6.07) is 7.10. The van der Waals surface area contributed by atoms with Crippen molar-refractivity contribution in [3.8, 4) is 6.07 Å². The Kier molecular flexibility index (Phi) is 4.94. The van der Waals surface area contributed by atoms with Crippen molar-refractivity contribution < 1.29 is 9.18 Å². The highest BCUT2D eigenvalue weighted by Gasteiger charge is 2.13. The van der Waals surface area contributed by atoms with Crippen LogP contribution in [0.3, 0.4) is 0 Å². The van der Waals surface area contributed by atoms with Gasteiger partial charge in [0, 0.05) is 21.8 Å². The second kappa shape index (κ2) is 6.70. The van der Waals surface area contributed by atoms with Gasteiger partial charge in [0.05, 0.1) is 17.8 Å². The summed E-state index contributed by atoms with van der Waals surface area (Å²) >= 11 is 4.90. The number of carbonyl (C=O) groups excluding carboxylic acids is 1. The van der Waals surface area contributed by atoms with Crippen molar-refractivity contribution in [2.75, 3.05) is 12.4 Å². The van der Waals surface area contributed by atoms with Gasteiger partial charge in [-0.15, -0.1) is 11.3 Å². The van der Waals surface area contributed by atoms with Gasteiger partial charge in [-0.2, -0.15) is 5.26 Å². The topological polar surface area (TPSA) is 56.1 Å². The van der Waals surface area contributed by atoms with E-state index in [1.54, 1.807) is 18.4 Å². The first-order chi connectivity index (χ1) is 9.99. The summed E-state index contributed by atoms with van der Waals surface area (Å²) in [5.74, 6) is -0.513. The molecule has 0 spiro atoms. The molecule has 2 rings (SSSR count). The Balaban J connectivity index is 2.06. The van der Waals surface area contributed by atoms with Crippen molar-refractivity contribution in [1.82, 2.24) is 4.90 Å². The van der Waals surface area contributed by atoms with Gasteiger partial charge in [-0.05, 0) is 40.2 Å². The van der Waals surface area contributed by atoms with Gasteiger partial charge in [0.1, 0.15) is 11.9 Å². The fourth-order valence-electron chi connectivity index (χ4n) is 1.67. The van der Waals surface area contributed by atoms with Crippen LogP contribution in [0.2, 0.25) is 0 Å². The number of anilines is 1. The van der Waals surface area contributed by atoms with Gasteiger partial charge in [-0.1, -0.05) is 0 Å². The van der Waals surface area contributed by atoms with Gasteiger partial charge in [0.15, 0.2) is 0 Å². The first kappa shape index (κ1) is 15.5. The number of rotatable bonds is 3. The molecule has 4 nitrogen and oxygen atoms in total. The quantitative estimate of drug-likeness (QED) is 0.884. The Morgan fingerprint density at radius 1 is 1.52 bits per heavy atom. The number of nitrogens with one attached hydrogen (secondary N) is 1. The van der Waals surface area contributed by atoms with Gasteiger partial charge in [-0.25, -0.2) is 9.18 Å². The number of urea groups is 1. The van der Waals surface area contributed by atoms with Crippen molar-refractivity contribution in [3.05, 3.63) is 50.4 Å². The van der Waals surface area contributed by atoms with E-state index in [1.807, 2.05) is 17.5 Å². The zero-order valence-electron chi connectivity index (χ0n) is 11.1. The Bertz CT molecular complexity index is 710. The van der Waals surface area contributed by atoms with E-state index in [1.165, 1.54) is 17.0 Å². The van der Waals surface area contributed by atoms with Crippen molar-refractivity contribution >= 4 is 39.0 Å². The molecule has 0 atom stereocenters. The monoisotopic (exact) mass is 367 g/mol. The van der Waals surface area contributed by atoms with Gasteiger partial charge in [0.2, 0.25) is 0 Å². The lowest BCUT2D eigenvalue weighted by Gasteiger charge is -2.17. The number of halogens is 2. The van der Waals surface area contributed by atoms with Crippen molar-refractivity contribution in [2.24, 2.45) is 0 Å². The Hall–Kier alpha value is -1.91. The second-order valence-corrected chi connectivity index (χ2v) is 6.23. The molecule has 1 aromatic carbocycles. The predicted octanol–water partition coefficient (Wildman–Crippen LogP) is 4.19. The number of nitriles is 1. The number of benzene rings is 1. The van der Waals surface area contributed by atoms with E-state index in [9.17, 15) is 9.18 Å². The highest BCUT2D eigenvalue weighted by molar-refractivity contribution is 9.10. The number of nitrogens with zero attached hydrogens (tertiary/aromatic N) is 2. The standard InChI is InChI=1S/C14H11BrFN3OS/c1-19(7-12-5-10(15)8-21-12)14(20)18-13-3-2-11(16)4-9(13)6-17/h2-5,8H,7H2,1H3,(H,18,20). The molecule has 1 N–H and O–H groups in total. The molecule has 0 unspecified atom stereocenters.